The van der Waals surface area contributed by atoms with Crippen molar-refractivity contribution in [2.24, 2.45) is 0 Å². The maximum atomic E-state index is 12.0. The van der Waals surface area contributed by atoms with Crippen molar-refractivity contribution in [1.82, 2.24) is 20.4 Å². The smallest absolute Gasteiger partial charge is 0.271 e. The molecule has 116 valence electrons. The van der Waals surface area contributed by atoms with Crippen LogP contribution >= 0.6 is 0 Å². The molecule has 2 heterocycles. The Labute approximate surface area is 125 Å². The lowest BCUT2D eigenvalue weighted by Gasteiger charge is -2.30. The number of carbonyl (C=O) groups is 1. The van der Waals surface area contributed by atoms with E-state index in [1.54, 1.807) is 12.1 Å². The highest BCUT2D eigenvalue weighted by atomic mass is 16.5. The van der Waals surface area contributed by atoms with Crippen molar-refractivity contribution in [3.63, 3.8) is 0 Å². The second-order valence-corrected chi connectivity index (χ2v) is 5.20. The summed E-state index contributed by atoms with van der Waals surface area (Å²) >= 11 is 0. The molecule has 0 bridgehead atoms. The van der Waals surface area contributed by atoms with Gasteiger partial charge in [-0.15, -0.1) is 10.2 Å². The van der Waals surface area contributed by atoms with Crippen molar-refractivity contribution in [2.75, 3.05) is 45.2 Å². The van der Waals surface area contributed by atoms with Gasteiger partial charge >= 0.3 is 0 Å². The van der Waals surface area contributed by atoms with Crippen LogP contribution in [-0.4, -0.2) is 66.9 Å². The standard InChI is InChI=1S/C14H23N5O2/c1-3-6-15-13-5-4-12(17-18-13)14(20)16-9-11-10-19(2)7-8-21-11/h4-5,11H,3,6-10H2,1-2H3,(H,15,18)(H,16,20). The molecule has 1 amide bonds. The zero-order chi connectivity index (χ0) is 15.1. The SMILES string of the molecule is CCCNc1ccc(C(=O)NCC2CN(C)CCO2)nn1. The largest absolute Gasteiger partial charge is 0.374 e. The van der Waals surface area contributed by atoms with Crippen molar-refractivity contribution in [3.05, 3.63) is 17.8 Å². The molecule has 1 saturated heterocycles. The van der Waals surface area contributed by atoms with E-state index in [-0.39, 0.29) is 12.0 Å². The quantitative estimate of drug-likeness (QED) is 0.788. The molecule has 0 spiro atoms. The highest BCUT2D eigenvalue weighted by Gasteiger charge is 2.18. The number of amides is 1. The van der Waals surface area contributed by atoms with Crippen LogP contribution in [0.2, 0.25) is 0 Å². The second kappa shape index (κ2) is 7.90. The van der Waals surface area contributed by atoms with Crippen LogP contribution in [0.1, 0.15) is 23.8 Å². The van der Waals surface area contributed by atoms with E-state index in [4.69, 9.17) is 4.74 Å². The Morgan fingerprint density at radius 2 is 2.33 bits per heavy atom. The van der Waals surface area contributed by atoms with E-state index in [9.17, 15) is 4.79 Å². The molecule has 0 aliphatic carbocycles. The van der Waals surface area contributed by atoms with E-state index >= 15 is 0 Å². The van der Waals surface area contributed by atoms with Crippen molar-refractivity contribution in [3.8, 4) is 0 Å². The number of carbonyl (C=O) groups excluding carboxylic acids is 1. The molecule has 7 nitrogen and oxygen atoms in total. The fourth-order valence-corrected chi connectivity index (χ4v) is 2.09. The number of nitrogens with one attached hydrogen (secondary N) is 2. The normalized spacial score (nSPS) is 19.2. The number of hydrogen-bond donors (Lipinski definition) is 2. The van der Waals surface area contributed by atoms with Gasteiger partial charge < -0.3 is 20.3 Å². The molecule has 0 saturated carbocycles. The summed E-state index contributed by atoms with van der Waals surface area (Å²) < 4.78 is 5.60. The molecule has 0 radical (unpaired) electrons. The third-order valence-electron chi connectivity index (χ3n) is 3.29. The minimum absolute atomic E-state index is 0.0335. The minimum Gasteiger partial charge on any atom is -0.374 e. The highest BCUT2D eigenvalue weighted by molar-refractivity contribution is 5.92. The van der Waals surface area contributed by atoms with Gasteiger partial charge in [0.25, 0.3) is 5.91 Å². The molecule has 1 aliphatic heterocycles. The van der Waals surface area contributed by atoms with E-state index in [0.29, 0.717) is 24.7 Å². The first-order chi connectivity index (χ1) is 10.2. The number of nitrogens with zero attached hydrogens (tertiary/aromatic N) is 3. The number of morpholine rings is 1. The fraction of sp³-hybridized carbons (Fsp3) is 0.643. The molecule has 2 rings (SSSR count). The zero-order valence-corrected chi connectivity index (χ0v) is 12.6. The van der Waals surface area contributed by atoms with Crippen LogP contribution in [0.25, 0.3) is 0 Å². The molecular formula is C14H23N5O2. The Bertz CT molecular complexity index is 451. The Hall–Kier alpha value is -1.73. The third kappa shape index (κ3) is 4.95. The van der Waals surface area contributed by atoms with Gasteiger partial charge in [-0.1, -0.05) is 6.92 Å². The number of ether oxygens (including phenoxy) is 1. The Morgan fingerprint density at radius 3 is 3.00 bits per heavy atom. The van der Waals surface area contributed by atoms with E-state index in [1.165, 1.54) is 0 Å². The summed E-state index contributed by atoms with van der Waals surface area (Å²) in [6.07, 6.45) is 1.05. The predicted octanol–water partition coefficient (Wildman–Crippen LogP) is 0.359. The Balaban J connectivity index is 1.79. The highest BCUT2D eigenvalue weighted by Crippen LogP contribution is 2.04. The van der Waals surface area contributed by atoms with E-state index in [2.05, 4.69) is 32.7 Å². The summed E-state index contributed by atoms with van der Waals surface area (Å²) in [5.74, 6) is 0.465. The van der Waals surface area contributed by atoms with Crippen molar-refractivity contribution in [1.29, 1.82) is 0 Å². The average molecular weight is 293 g/mol. The molecule has 2 N–H and O–H groups in total. The number of rotatable bonds is 6. The van der Waals surface area contributed by atoms with Crippen molar-refractivity contribution >= 4 is 11.7 Å². The van der Waals surface area contributed by atoms with Gasteiger partial charge in [0, 0.05) is 26.2 Å². The van der Waals surface area contributed by atoms with Gasteiger partial charge in [0.15, 0.2) is 5.69 Å². The molecule has 1 aliphatic rings. The summed E-state index contributed by atoms with van der Waals surface area (Å²) in [4.78, 5) is 14.2. The van der Waals surface area contributed by atoms with Crippen LogP contribution in [0, 0.1) is 0 Å². The Morgan fingerprint density at radius 1 is 1.48 bits per heavy atom. The summed E-state index contributed by atoms with van der Waals surface area (Å²) in [6.45, 7) is 5.86. The molecular weight excluding hydrogens is 270 g/mol. The first-order valence-corrected chi connectivity index (χ1v) is 7.35. The molecule has 7 heteroatoms. The summed E-state index contributed by atoms with van der Waals surface area (Å²) in [5, 5.41) is 13.9. The van der Waals surface area contributed by atoms with E-state index < -0.39 is 0 Å². The van der Waals surface area contributed by atoms with Crippen molar-refractivity contribution < 1.29 is 9.53 Å². The van der Waals surface area contributed by atoms with Gasteiger partial charge in [-0.3, -0.25) is 4.79 Å². The van der Waals surface area contributed by atoms with Crippen LogP contribution in [0.4, 0.5) is 5.82 Å². The van der Waals surface area contributed by atoms with E-state index in [1.807, 2.05) is 7.05 Å². The van der Waals surface area contributed by atoms with Crippen LogP contribution in [0.3, 0.4) is 0 Å². The molecule has 1 unspecified atom stereocenters. The van der Waals surface area contributed by atoms with Gasteiger partial charge in [0.2, 0.25) is 0 Å². The molecule has 1 atom stereocenters. The second-order valence-electron chi connectivity index (χ2n) is 5.20. The summed E-state index contributed by atoms with van der Waals surface area (Å²) in [7, 11) is 2.05. The van der Waals surface area contributed by atoms with Crippen molar-refractivity contribution in [2.45, 2.75) is 19.4 Å². The molecule has 1 aromatic rings. The molecule has 0 aromatic carbocycles. The van der Waals surface area contributed by atoms with Gasteiger partial charge in [0.1, 0.15) is 5.82 Å². The maximum Gasteiger partial charge on any atom is 0.271 e. The predicted molar refractivity (Wildman–Crippen MR) is 80.4 cm³/mol. The molecule has 1 aromatic heterocycles. The van der Waals surface area contributed by atoms with Gasteiger partial charge in [-0.05, 0) is 25.6 Å². The lowest BCUT2D eigenvalue weighted by atomic mass is 10.2. The minimum atomic E-state index is -0.221. The van der Waals surface area contributed by atoms with Crippen LogP contribution < -0.4 is 10.6 Å². The molecule has 21 heavy (non-hydrogen) atoms. The molecule has 1 fully saturated rings. The van der Waals surface area contributed by atoms with Crippen LogP contribution in [0.5, 0.6) is 0 Å². The summed E-state index contributed by atoms with van der Waals surface area (Å²) in [6, 6.07) is 3.44. The van der Waals surface area contributed by atoms with Gasteiger partial charge in [-0.25, -0.2) is 0 Å². The van der Waals surface area contributed by atoms with Crippen LogP contribution in [0.15, 0.2) is 12.1 Å². The summed E-state index contributed by atoms with van der Waals surface area (Å²) in [5.41, 5.74) is 0.321. The Kier molecular flexibility index (Phi) is 5.89. The lowest BCUT2D eigenvalue weighted by Crippen LogP contribution is -2.46. The van der Waals surface area contributed by atoms with E-state index in [0.717, 1.165) is 26.1 Å². The first kappa shape index (κ1) is 15.7. The third-order valence-corrected chi connectivity index (χ3v) is 3.29. The van der Waals surface area contributed by atoms with Gasteiger partial charge in [-0.2, -0.15) is 0 Å². The number of likely N-dealkylation sites (N-methyl/N-ethyl adjacent to an activating group) is 1. The first-order valence-electron chi connectivity index (χ1n) is 7.35. The lowest BCUT2D eigenvalue weighted by molar-refractivity contribution is -0.0175. The number of aromatic nitrogens is 2. The zero-order valence-electron chi connectivity index (χ0n) is 12.6. The fourth-order valence-electron chi connectivity index (χ4n) is 2.09. The average Bonchev–Trinajstić information content (AvgIpc) is 2.51. The maximum absolute atomic E-state index is 12.0. The monoisotopic (exact) mass is 293 g/mol. The van der Waals surface area contributed by atoms with Crippen LogP contribution in [-0.2, 0) is 4.74 Å². The number of hydrogen-bond acceptors (Lipinski definition) is 6. The topological polar surface area (TPSA) is 79.4 Å². The van der Waals surface area contributed by atoms with Gasteiger partial charge in [0.05, 0.1) is 12.7 Å². The number of anilines is 1.